The first-order valence-electron chi connectivity index (χ1n) is 7.53. The molecule has 0 saturated heterocycles. The van der Waals surface area contributed by atoms with E-state index in [-0.39, 0.29) is 17.9 Å². The molecule has 0 aromatic heterocycles. The molecule has 1 rings (SSSR count). The summed E-state index contributed by atoms with van der Waals surface area (Å²) < 4.78 is 5.30. The van der Waals surface area contributed by atoms with E-state index < -0.39 is 0 Å². The van der Waals surface area contributed by atoms with Gasteiger partial charge in [-0.15, -0.1) is 0 Å². The van der Waals surface area contributed by atoms with E-state index in [4.69, 9.17) is 4.74 Å². The zero-order valence-corrected chi connectivity index (χ0v) is 14.1. The van der Waals surface area contributed by atoms with Crippen LogP contribution in [-0.2, 0) is 9.53 Å². The third kappa shape index (κ3) is 7.91. The lowest BCUT2D eigenvalue weighted by molar-refractivity contribution is -0.125. The van der Waals surface area contributed by atoms with Crippen molar-refractivity contribution in [3.8, 4) is 0 Å². The largest absolute Gasteiger partial charge is 0.487 e. The van der Waals surface area contributed by atoms with Gasteiger partial charge in [-0.2, -0.15) is 0 Å². The maximum atomic E-state index is 11.2. The first kappa shape index (κ1) is 20.3. The number of rotatable bonds is 3. The molecular formula is C16H33NO2. The Morgan fingerprint density at radius 1 is 1.21 bits per heavy atom. The number of carbonyl (C=O) groups is 1. The highest BCUT2D eigenvalue weighted by molar-refractivity contribution is 5.80. The molecule has 0 aliphatic carbocycles. The highest BCUT2D eigenvalue weighted by Gasteiger charge is 2.29. The molecule has 0 spiro atoms. The van der Waals surface area contributed by atoms with E-state index in [2.05, 4.69) is 39.9 Å². The second-order valence-corrected chi connectivity index (χ2v) is 5.11. The van der Waals surface area contributed by atoms with Gasteiger partial charge in [-0.3, -0.25) is 4.79 Å². The maximum absolute atomic E-state index is 11.2. The summed E-state index contributed by atoms with van der Waals surface area (Å²) in [5, 5.41) is 2.91. The van der Waals surface area contributed by atoms with Crippen LogP contribution < -0.4 is 5.32 Å². The van der Waals surface area contributed by atoms with Crippen LogP contribution in [-0.4, -0.2) is 12.5 Å². The van der Waals surface area contributed by atoms with E-state index in [1.54, 1.807) is 0 Å². The van der Waals surface area contributed by atoms with Crippen molar-refractivity contribution in [3.05, 3.63) is 11.5 Å². The van der Waals surface area contributed by atoms with Crippen molar-refractivity contribution in [1.29, 1.82) is 0 Å². The number of carbonyl (C=O) groups excluding carboxylic acids is 1. The summed E-state index contributed by atoms with van der Waals surface area (Å²) >= 11 is 0. The molecule has 3 nitrogen and oxygen atoms in total. The van der Waals surface area contributed by atoms with E-state index in [9.17, 15) is 4.79 Å². The van der Waals surface area contributed by atoms with Crippen LogP contribution in [0.5, 0.6) is 0 Å². The summed E-state index contributed by atoms with van der Waals surface area (Å²) in [6, 6.07) is 0. The van der Waals surface area contributed by atoms with Crippen molar-refractivity contribution in [2.45, 2.75) is 74.7 Å². The number of allylic oxidation sites excluding steroid dienone is 2. The maximum Gasteiger partial charge on any atom is 0.262 e. The van der Waals surface area contributed by atoms with E-state index >= 15 is 0 Å². The Bertz CT molecular complexity index is 280. The van der Waals surface area contributed by atoms with Crippen LogP contribution in [0.15, 0.2) is 11.5 Å². The molecule has 1 aliphatic heterocycles. The van der Waals surface area contributed by atoms with Crippen molar-refractivity contribution >= 4 is 5.91 Å². The fourth-order valence-corrected chi connectivity index (χ4v) is 1.91. The summed E-state index contributed by atoms with van der Waals surface area (Å²) in [6.45, 7) is 16.7. The molecule has 1 N–H and O–H groups in total. The standard InChI is InChI=1S/C11H19NO2.C3H8.C2H6/c1-5-6-11(3,4)10-8(2)14-7-9(13)12-10;1-3-2;1-2/h5-7H2,1-4H3,(H,12,13);3H2,1-2H3;1-2H3. The Labute approximate surface area is 119 Å². The van der Waals surface area contributed by atoms with Crippen LogP contribution >= 0.6 is 0 Å². The lowest BCUT2D eigenvalue weighted by Gasteiger charge is -2.32. The lowest BCUT2D eigenvalue weighted by Crippen LogP contribution is -2.38. The number of amides is 1. The fraction of sp³-hybridized carbons (Fsp3) is 0.812. The fourth-order valence-electron chi connectivity index (χ4n) is 1.91. The molecule has 0 bridgehead atoms. The van der Waals surface area contributed by atoms with Crippen LogP contribution in [0.3, 0.4) is 0 Å². The molecule has 0 aromatic carbocycles. The minimum absolute atomic E-state index is 0.00505. The van der Waals surface area contributed by atoms with E-state index in [0.29, 0.717) is 0 Å². The molecule has 114 valence electrons. The van der Waals surface area contributed by atoms with Crippen molar-refractivity contribution < 1.29 is 9.53 Å². The predicted molar refractivity (Wildman–Crippen MR) is 82.8 cm³/mol. The predicted octanol–water partition coefficient (Wildman–Crippen LogP) is 4.63. The van der Waals surface area contributed by atoms with Gasteiger partial charge in [0.1, 0.15) is 5.76 Å². The summed E-state index contributed by atoms with van der Waals surface area (Å²) in [6.07, 6.45) is 3.39. The van der Waals surface area contributed by atoms with Gasteiger partial charge in [-0.25, -0.2) is 0 Å². The Morgan fingerprint density at radius 2 is 1.68 bits per heavy atom. The molecule has 19 heavy (non-hydrogen) atoms. The van der Waals surface area contributed by atoms with E-state index in [0.717, 1.165) is 24.3 Å². The molecule has 0 atom stereocenters. The topological polar surface area (TPSA) is 38.3 Å². The zero-order chi connectivity index (χ0) is 15.5. The minimum Gasteiger partial charge on any atom is -0.487 e. The van der Waals surface area contributed by atoms with Crippen LogP contribution in [0.4, 0.5) is 0 Å². The molecule has 0 aromatic rings. The quantitative estimate of drug-likeness (QED) is 0.812. The van der Waals surface area contributed by atoms with Gasteiger partial charge >= 0.3 is 0 Å². The smallest absolute Gasteiger partial charge is 0.262 e. The SMILES string of the molecule is CC.CCC.CCCC(C)(C)C1=C(C)OCC(=O)N1. The molecule has 3 heteroatoms. The molecule has 0 fully saturated rings. The summed E-state index contributed by atoms with van der Waals surface area (Å²) in [5.41, 5.74) is 0.935. The summed E-state index contributed by atoms with van der Waals surface area (Å²) in [5.74, 6) is 0.804. The summed E-state index contributed by atoms with van der Waals surface area (Å²) in [7, 11) is 0. The average Bonchev–Trinajstić information content (AvgIpc) is 2.35. The normalized spacial score (nSPS) is 14.4. The van der Waals surface area contributed by atoms with Crippen LogP contribution in [0.25, 0.3) is 0 Å². The van der Waals surface area contributed by atoms with Gasteiger partial charge < -0.3 is 10.1 Å². The van der Waals surface area contributed by atoms with Crippen molar-refractivity contribution in [2.75, 3.05) is 6.61 Å². The molecule has 1 amide bonds. The highest BCUT2D eigenvalue weighted by Crippen LogP contribution is 2.33. The average molecular weight is 271 g/mol. The highest BCUT2D eigenvalue weighted by atomic mass is 16.5. The van der Waals surface area contributed by atoms with Gasteiger partial charge in [0.15, 0.2) is 6.61 Å². The zero-order valence-electron chi connectivity index (χ0n) is 14.1. The van der Waals surface area contributed by atoms with Gasteiger partial charge in [-0.05, 0) is 13.3 Å². The summed E-state index contributed by atoms with van der Waals surface area (Å²) in [4.78, 5) is 11.2. The minimum atomic E-state index is -0.0465. The molecular weight excluding hydrogens is 238 g/mol. The van der Waals surface area contributed by atoms with Gasteiger partial charge in [0.2, 0.25) is 0 Å². The molecule has 1 aliphatic rings. The Morgan fingerprint density at radius 3 is 2.11 bits per heavy atom. The van der Waals surface area contributed by atoms with Gasteiger partial charge in [0.05, 0.1) is 5.70 Å². The van der Waals surface area contributed by atoms with Crippen molar-refractivity contribution in [1.82, 2.24) is 5.32 Å². The van der Waals surface area contributed by atoms with Crippen molar-refractivity contribution in [3.63, 3.8) is 0 Å². The molecule has 0 radical (unpaired) electrons. The van der Waals surface area contributed by atoms with E-state index in [1.807, 2.05) is 20.8 Å². The number of hydrogen-bond donors (Lipinski definition) is 1. The first-order chi connectivity index (χ1) is 8.88. The number of ether oxygens (including phenoxy) is 1. The third-order valence-corrected chi connectivity index (χ3v) is 2.59. The molecule has 0 saturated carbocycles. The van der Waals surface area contributed by atoms with Gasteiger partial charge in [0, 0.05) is 5.41 Å². The second kappa shape index (κ2) is 10.9. The number of hydrogen-bond acceptors (Lipinski definition) is 2. The molecule has 0 unspecified atom stereocenters. The third-order valence-electron chi connectivity index (χ3n) is 2.59. The van der Waals surface area contributed by atoms with Crippen LogP contribution in [0.1, 0.15) is 74.7 Å². The Hall–Kier alpha value is -0.990. The van der Waals surface area contributed by atoms with Gasteiger partial charge in [0.25, 0.3) is 5.91 Å². The second-order valence-electron chi connectivity index (χ2n) is 5.11. The van der Waals surface area contributed by atoms with E-state index in [1.165, 1.54) is 6.42 Å². The Kier molecular flexibility index (Phi) is 11.7. The van der Waals surface area contributed by atoms with Gasteiger partial charge in [-0.1, -0.05) is 61.3 Å². The van der Waals surface area contributed by atoms with Crippen molar-refractivity contribution in [2.24, 2.45) is 5.41 Å². The van der Waals surface area contributed by atoms with Crippen LogP contribution in [0.2, 0.25) is 0 Å². The Balaban J connectivity index is 0. The molecule has 1 heterocycles. The first-order valence-corrected chi connectivity index (χ1v) is 7.53. The van der Waals surface area contributed by atoms with Crippen LogP contribution in [0, 0.1) is 5.41 Å². The lowest BCUT2D eigenvalue weighted by atomic mass is 9.83. The number of nitrogens with one attached hydrogen (secondary N) is 1. The monoisotopic (exact) mass is 271 g/mol.